The van der Waals surface area contributed by atoms with Gasteiger partial charge in [0, 0.05) is 25.8 Å². The lowest BCUT2D eigenvalue weighted by Crippen LogP contribution is -2.55. The van der Waals surface area contributed by atoms with Crippen molar-refractivity contribution in [3.63, 3.8) is 0 Å². The van der Waals surface area contributed by atoms with Crippen LogP contribution in [0.4, 0.5) is 24.1 Å². The second kappa shape index (κ2) is 15.6. The van der Waals surface area contributed by atoms with Gasteiger partial charge in [0.2, 0.25) is 5.91 Å². The number of methoxy groups -OCH3 is 2. The van der Waals surface area contributed by atoms with Crippen LogP contribution in [0.25, 0.3) is 0 Å². The summed E-state index contributed by atoms with van der Waals surface area (Å²) in [5.74, 6) is -2.82. The number of likely N-dealkylation sites (tertiary alicyclic amines) is 1. The van der Waals surface area contributed by atoms with Gasteiger partial charge in [0.05, 0.1) is 25.0 Å². The van der Waals surface area contributed by atoms with E-state index in [4.69, 9.17) is 9.47 Å². The summed E-state index contributed by atoms with van der Waals surface area (Å²) in [6.07, 6.45) is 2.92. The van der Waals surface area contributed by atoms with E-state index in [2.05, 4.69) is 26.9 Å². The monoisotopic (exact) mass is 627 g/mol. The van der Waals surface area contributed by atoms with Gasteiger partial charge in [0.25, 0.3) is 0 Å². The lowest BCUT2D eigenvalue weighted by Gasteiger charge is -2.36. The molecule has 3 N–H and O–H groups in total. The largest absolute Gasteiger partial charge is 0.466 e. The molecule has 2 aromatic carbocycles. The number of amides is 5. The summed E-state index contributed by atoms with van der Waals surface area (Å²) in [6, 6.07) is 7.81. The Labute approximate surface area is 260 Å². The Morgan fingerprint density at radius 3 is 2.44 bits per heavy atom. The Balaban J connectivity index is 1.37. The van der Waals surface area contributed by atoms with Crippen molar-refractivity contribution in [3.05, 3.63) is 76.5 Å². The molecule has 2 aromatic rings. The number of piperidine rings is 1. The maximum atomic E-state index is 14.3. The van der Waals surface area contributed by atoms with Crippen molar-refractivity contribution in [2.75, 3.05) is 52.3 Å². The van der Waals surface area contributed by atoms with Gasteiger partial charge < -0.3 is 30.3 Å². The van der Waals surface area contributed by atoms with Crippen molar-refractivity contribution in [3.8, 4) is 0 Å². The highest BCUT2D eigenvalue weighted by molar-refractivity contribution is 6.01. The minimum atomic E-state index is -1.39. The zero-order chi connectivity index (χ0) is 32.5. The highest BCUT2D eigenvalue weighted by Gasteiger charge is 2.43. The van der Waals surface area contributed by atoms with Crippen molar-refractivity contribution in [2.24, 2.45) is 0 Å². The Hall–Kier alpha value is -4.36. The van der Waals surface area contributed by atoms with Crippen LogP contribution in [0.3, 0.4) is 0 Å². The molecule has 0 aromatic heterocycles. The van der Waals surface area contributed by atoms with E-state index in [1.165, 1.54) is 18.7 Å². The molecule has 242 valence electrons. The lowest BCUT2D eigenvalue weighted by atomic mass is 9.89. The Kier molecular flexibility index (Phi) is 11.6. The zero-order valence-electron chi connectivity index (χ0n) is 25.7. The van der Waals surface area contributed by atoms with E-state index in [0.29, 0.717) is 25.3 Å². The number of hydrogen-bond acceptors (Lipinski definition) is 7. The number of ether oxygens (including phenoxy) is 2. The number of carbonyl (C=O) groups excluding carboxylic acids is 4. The number of carbonyl (C=O) groups is 4. The van der Waals surface area contributed by atoms with Gasteiger partial charge >= 0.3 is 18.0 Å². The fourth-order valence-corrected chi connectivity index (χ4v) is 5.67. The summed E-state index contributed by atoms with van der Waals surface area (Å²) in [5, 5.41) is 8.13. The molecule has 0 aliphatic carbocycles. The molecule has 11 nitrogen and oxygen atoms in total. The molecule has 2 heterocycles. The number of urea groups is 2. The smallest absolute Gasteiger partial charge is 0.338 e. The molecule has 2 aliphatic heterocycles. The third-order valence-corrected chi connectivity index (χ3v) is 7.98. The van der Waals surface area contributed by atoms with Gasteiger partial charge in [-0.15, -0.1) is 0 Å². The fourth-order valence-electron chi connectivity index (χ4n) is 5.67. The molecule has 0 spiro atoms. The second-order valence-electron chi connectivity index (χ2n) is 10.9. The quantitative estimate of drug-likeness (QED) is 0.248. The van der Waals surface area contributed by atoms with E-state index >= 15 is 0 Å². The van der Waals surface area contributed by atoms with Crippen molar-refractivity contribution in [2.45, 2.75) is 44.6 Å². The fraction of sp³-hybridized carbons (Fsp3) is 0.438. The molecular weight excluding hydrogens is 588 g/mol. The molecule has 4 rings (SSSR count). The van der Waals surface area contributed by atoms with Crippen molar-refractivity contribution >= 4 is 29.6 Å². The average molecular weight is 628 g/mol. The molecule has 1 fully saturated rings. The summed E-state index contributed by atoms with van der Waals surface area (Å²) in [4.78, 5) is 54.2. The van der Waals surface area contributed by atoms with Gasteiger partial charge in [-0.25, -0.2) is 28.1 Å². The van der Waals surface area contributed by atoms with Crippen molar-refractivity contribution in [1.29, 1.82) is 0 Å². The van der Waals surface area contributed by atoms with Gasteiger partial charge in [-0.3, -0.25) is 4.79 Å². The normalized spacial score (nSPS) is 17.6. The molecule has 5 amide bonds. The van der Waals surface area contributed by atoms with Gasteiger partial charge in [-0.2, -0.15) is 0 Å². The Morgan fingerprint density at radius 2 is 1.78 bits per heavy atom. The molecule has 2 aliphatic rings. The van der Waals surface area contributed by atoms with Gasteiger partial charge in [0.15, 0.2) is 11.6 Å². The molecule has 0 unspecified atom stereocenters. The number of nitrogens with one attached hydrogen (secondary N) is 3. The van der Waals surface area contributed by atoms with Crippen LogP contribution in [-0.4, -0.2) is 80.7 Å². The lowest BCUT2D eigenvalue weighted by molar-refractivity contribution is -0.137. The summed E-state index contributed by atoms with van der Waals surface area (Å²) in [7, 11) is 2.49. The van der Waals surface area contributed by atoms with E-state index in [9.17, 15) is 28.0 Å². The van der Waals surface area contributed by atoms with Crippen LogP contribution in [0, 0.1) is 11.6 Å². The summed E-state index contributed by atoms with van der Waals surface area (Å²) >= 11 is 0. The summed E-state index contributed by atoms with van der Waals surface area (Å²) < 4.78 is 38.1. The third-order valence-electron chi connectivity index (χ3n) is 7.98. The first-order chi connectivity index (χ1) is 21.7. The van der Waals surface area contributed by atoms with E-state index < -0.39 is 35.7 Å². The predicted octanol–water partition coefficient (Wildman–Crippen LogP) is 4.43. The van der Waals surface area contributed by atoms with Crippen molar-refractivity contribution in [1.82, 2.24) is 20.4 Å². The number of imide groups is 1. The molecule has 0 saturated carbocycles. The zero-order valence-corrected chi connectivity index (χ0v) is 25.7. The van der Waals surface area contributed by atoms with Crippen LogP contribution in [-0.2, 0) is 19.1 Å². The standard InChI is InChI=1S/C32H39F2N5O6/c1-4-27(40)36-23-8-5-7-21(17-23)20-11-15-38(16-12-20)14-6-13-35-31(42)39-29(22-9-10-24(33)25(34)18-22)28(30(41)45-3)26(19-44-2)37-32(39)43/h5,7-10,17-18,20,29H,4,6,11-16,19H2,1-3H3,(H,35,42)(H,36,40)(H,37,43)/t29-/m0/s1. The second-order valence-corrected chi connectivity index (χ2v) is 10.9. The minimum Gasteiger partial charge on any atom is -0.466 e. The number of halogens is 2. The summed E-state index contributed by atoms with van der Waals surface area (Å²) in [6.45, 7) is 4.30. The number of benzene rings is 2. The van der Waals surface area contributed by atoms with Crippen molar-refractivity contribution < 1.29 is 37.4 Å². The average Bonchev–Trinajstić information content (AvgIpc) is 3.04. The van der Waals surface area contributed by atoms with Crippen LogP contribution >= 0.6 is 0 Å². The highest BCUT2D eigenvalue weighted by atomic mass is 19.2. The Bertz CT molecular complexity index is 1440. The number of nitrogens with zero attached hydrogens (tertiary/aromatic N) is 2. The number of anilines is 1. The number of rotatable bonds is 11. The van der Waals surface area contributed by atoms with E-state index in [1.54, 1.807) is 0 Å². The minimum absolute atomic E-state index is 0.00838. The molecular formula is C32H39F2N5O6. The molecule has 45 heavy (non-hydrogen) atoms. The van der Waals surface area contributed by atoms with Crippen LogP contribution < -0.4 is 16.0 Å². The van der Waals surface area contributed by atoms with E-state index in [-0.39, 0.29) is 35.9 Å². The Morgan fingerprint density at radius 1 is 1.02 bits per heavy atom. The maximum absolute atomic E-state index is 14.3. The van der Waals surface area contributed by atoms with Gasteiger partial charge in [0.1, 0.15) is 6.04 Å². The molecule has 0 bridgehead atoms. The van der Waals surface area contributed by atoms with Crippen LogP contribution in [0.1, 0.15) is 55.7 Å². The first kappa shape index (κ1) is 33.5. The number of hydrogen-bond donors (Lipinski definition) is 3. The molecule has 13 heteroatoms. The predicted molar refractivity (Wildman–Crippen MR) is 162 cm³/mol. The van der Waals surface area contributed by atoms with Gasteiger partial charge in [-0.05, 0) is 80.2 Å². The first-order valence-electron chi connectivity index (χ1n) is 14.9. The molecule has 1 atom stereocenters. The van der Waals surface area contributed by atoms with Crippen LogP contribution in [0.15, 0.2) is 53.7 Å². The molecule has 0 radical (unpaired) electrons. The SMILES string of the molecule is CCC(=O)Nc1cccc(C2CCN(CCCNC(=O)N3C(=O)NC(COC)=C(C(=O)OC)[C@@H]3c3ccc(F)c(F)c3)CC2)c1. The van der Waals surface area contributed by atoms with Gasteiger partial charge in [-0.1, -0.05) is 25.1 Å². The highest BCUT2D eigenvalue weighted by Crippen LogP contribution is 2.35. The topological polar surface area (TPSA) is 129 Å². The third kappa shape index (κ3) is 8.22. The van der Waals surface area contributed by atoms with Crippen LogP contribution in [0.2, 0.25) is 0 Å². The summed E-state index contributed by atoms with van der Waals surface area (Å²) in [5.41, 5.74) is 1.92. The van der Waals surface area contributed by atoms with E-state index in [0.717, 1.165) is 55.8 Å². The molecule has 1 saturated heterocycles. The number of esters is 1. The maximum Gasteiger partial charge on any atom is 0.338 e. The first-order valence-corrected chi connectivity index (χ1v) is 14.9. The van der Waals surface area contributed by atoms with E-state index in [1.807, 2.05) is 25.1 Å². The van der Waals surface area contributed by atoms with Crippen LogP contribution in [0.5, 0.6) is 0 Å².